The molecule has 2 aromatic heterocycles. The molecule has 0 saturated heterocycles. The molecule has 0 aliphatic carbocycles. The highest BCUT2D eigenvalue weighted by Gasteiger charge is 2.21. The lowest BCUT2D eigenvalue weighted by molar-refractivity contribution is 0.218. The van der Waals surface area contributed by atoms with Gasteiger partial charge in [0.15, 0.2) is 0 Å². The van der Waals surface area contributed by atoms with Gasteiger partial charge in [0.2, 0.25) is 0 Å². The SMILES string of the molecule is Cc1cc(-n2nc(C)c(C(O)c3ccc(Br)nc3)c2C)ccc1C#N. The number of rotatable bonds is 3. The van der Waals surface area contributed by atoms with E-state index in [9.17, 15) is 5.11 Å². The topological polar surface area (TPSA) is 74.7 Å². The van der Waals surface area contributed by atoms with Gasteiger partial charge in [0.25, 0.3) is 0 Å². The van der Waals surface area contributed by atoms with E-state index in [1.807, 2.05) is 39.0 Å². The standard InChI is InChI=1S/C19H17BrN4O/c1-11-8-16(6-4-14(11)9-21)24-13(3)18(12(2)23-24)19(25)15-5-7-17(20)22-10-15/h4-8,10,19,25H,1-3H3. The summed E-state index contributed by atoms with van der Waals surface area (Å²) in [5.74, 6) is 0. The molecule has 0 fully saturated rings. The summed E-state index contributed by atoms with van der Waals surface area (Å²) < 4.78 is 2.52. The lowest BCUT2D eigenvalue weighted by Crippen LogP contribution is -2.04. The van der Waals surface area contributed by atoms with Gasteiger partial charge in [0.1, 0.15) is 10.7 Å². The van der Waals surface area contributed by atoms with Crippen LogP contribution in [0, 0.1) is 32.1 Å². The Morgan fingerprint density at radius 3 is 2.56 bits per heavy atom. The van der Waals surface area contributed by atoms with E-state index in [4.69, 9.17) is 5.26 Å². The van der Waals surface area contributed by atoms with Gasteiger partial charge in [-0.25, -0.2) is 9.67 Å². The maximum Gasteiger partial charge on any atom is 0.109 e. The van der Waals surface area contributed by atoms with E-state index in [1.54, 1.807) is 23.0 Å². The van der Waals surface area contributed by atoms with Crippen molar-refractivity contribution in [3.05, 3.63) is 74.8 Å². The molecule has 6 heteroatoms. The van der Waals surface area contributed by atoms with Gasteiger partial charge in [-0.1, -0.05) is 6.07 Å². The Hall–Kier alpha value is -2.49. The van der Waals surface area contributed by atoms with E-state index in [1.165, 1.54) is 0 Å². The van der Waals surface area contributed by atoms with Gasteiger partial charge in [-0.2, -0.15) is 10.4 Å². The van der Waals surface area contributed by atoms with Crippen LogP contribution in [0.1, 0.15) is 39.7 Å². The first-order valence-corrected chi connectivity index (χ1v) is 8.58. The minimum atomic E-state index is -0.797. The van der Waals surface area contributed by atoms with Crippen molar-refractivity contribution in [2.24, 2.45) is 0 Å². The van der Waals surface area contributed by atoms with Crippen LogP contribution in [0.2, 0.25) is 0 Å². The van der Waals surface area contributed by atoms with Crippen molar-refractivity contribution in [3.63, 3.8) is 0 Å². The summed E-state index contributed by atoms with van der Waals surface area (Å²) in [6.45, 7) is 5.71. The number of aromatic nitrogens is 3. The number of nitrogens with zero attached hydrogens (tertiary/aromatic N) is 4. The Morgan fingerprint density at radius 1 is 1.20 bits per heavy atom. The van der Waals surface area contributed by atoms with Crippen molar-refractivity contribution in [3.8, 4) is 11.8 Å². The summed E-state index contributed by atoms with van der Waals surface area (Å²) in [4.78, 5) is 4.18. The molecule has 1 aromatic carbocycles. The predicted octanol–water partition coefficient (Wildman–Crippen LogP) is 3.91. The Labute approximate surface area is 154 Å². The van der Waals surface area contributed by atoms with Gasteiger partial charge >= 0.3 is 0 Å². The van der Waals surface area contributed by atoms with Crippen molar-refractivity contribution < 1.29 is 5.11 Å². The van der Waals surface area contributed by atoms with Crippen molar-refractivity contribution in [2.75, 3.05) is 0 Å². The van der Waals surface area contributed by atoms with Crippen LogP contribution in [0.5, 0.6) is 0 Å². The average molecular weight is 397 g/mol. The van der Waals surface area contributed by atoms with Gasteiger partial charge in [-0.05, 0) is 66.5 Å². The van der Waals surface area contributed by atoms with Crippen molar-refractivity contribution in [2.45, 2.75) is 26.9 Å². The third-order valence-corrected chi connectivity index (χ3v) is 4.73. The van der Waals surface area contributed by atoms with Crippen molar-refractivity contribution in [1.29, 1.82) is 5.26 Å². The zero-order valence-corrected chi connectivity index (χ0v) is 15.7. The molecule has 1 unspecified atom stereocenters. The molecule has 0 bridgehead atoms. The van der Waals surface area contributed by atoms with Crippen LogP contribution in [0.4, 0.5) is 0 Å². The first kappa shape index (κ1) is 17.3. The Balaban J connectivity index is 2.05. The summed E-state index contributed by atoms with van der Waals surface area (Å²) in [6, 6.07) is 11.4. The number of benzene rings is 1. The highest BCUT2D eigenvalue weighted by molar-refractivity contribution is 9.10. The van der Waals surface area contributed by atoms with E-state index in [-0.39, 0.29) is 0 Å². The van der Waals surface area contributed by atoms with Crippen LogP contribution < -0.4 is 0 Å². The van der Waals surface area contributed by atoms with Crippen LogP contribution in [0.15, 0.2) is 41.1 Å². The molecule has 0 radical (unpaired) electrons. The molecule has 3 rings (SSSR count). The third-order valence-electron chi connectivity index (χ3n) is 4.26. The number of hydrogen-bond acceptors (Lipinski definition) is 4. The molecular weight excluding hydrogens is 380 g/mol. The number of aliphatic hydroxyl groups is 1. The molecule has 0 amide bonds. The summed E-state index contributed by atoms with van der Waals surface area (Å²) in [6.07, 6.45) is 0.852. The van der Waals surface area contributed by atoms with Crippen LogP contribution in [-0.4, -0.2) is 19.9 Å². The molecule has 126 valence electrons. The van der Waals surface area contributed by atoms with Gasteiger partial charge < -0.3 is 5.11 Å². The number of halogens is 1. The lowest BCUT2D eigenvalue weighted by Gasteiger charge is -2.12. The number of nitriles is 1. The largest absolute Gasteiger partial charge is 0.383 e. The summed E-state index contributed by atoms with van der Waals surface area (Å²) in [5, 5.41) is 24.5. The third kappa shape index (κ3) is 3.21. The smallest absolute Gasteiger partial charge is 0.109 e. The normalized spacial score (nSPS) is 12.0. The molecule has 25 heavy (non-hydrogen) atoms. The fraction of sp³-hybridized carbons (Fsp3) is 0.211. The molecular formula is C19H17BrN4O. The minimum Gasteiger partial charge on any atom is -0.383 e. The predicted molar refractivity (Wildman–Crippen MR) is 98.5 cm³/mol. The summed E-state index contributed by atoms with van der Waals surface area (Å²) in [7, 11) is 0. The molecule has 1 N–H and O–H groups in total. The molecule has 0 spiro atoms. The molecule has 5 nitrogen and oxygen atoms in total. The van der Waals surface area contributed by atoms with Crippen LogP contribution >= 0.6 is 15.9 Å². The van der Waals surface area contributed by atoms with Crippen LogP contribution in [-0.2, 0) is 0 Å². The maximum absolute atomic E-state index is 10.8. The zero-order chi connectivity index (χ0) is 18.1. The number of aliphatic hydroxyl groups excluding tert-OH is 1. The van der Waals surface area contributed by atoms with Gasteiger partial charge in [-0.15, -0.1) is 0 Å². The highest BCUT2D eigenvalue weighted by Crippen LogP contribution is 2.29. The first-order chi connectivity index (χ1) is 11.9. The average Bonchev–Trinajstić information content (AvgIpc) is 2.89. The summed E-state index contributed by atoms with van der Waals surface area (Å²) >= 11 is 3.30. The maximum atomic E-state index is 10.8. The van der Waals surface area contributed by atoms with E-state index in [2.05, 4.69) is 32.1 Å². The Bertz CT molecular complexity index is 970. The number of hydrogen-bond donors (Lipinski definition) is 1. The van der Waals surface area contributed by atoms with Crippen LogP contribution in [0.3, 0.4) is 0 Å². The van der Waals surface area contributed by atoms with Crippen LogP contribution in [0.25, 0.3) is 5.69 Å². The Kier molecular flexibility index (Phi) is 4.71. The molecule has 2 heterocycles. The fourth-order valence-electron chi connectivity index (χ4n) is 2.92. The minimum absolute atomic E-state index is 0.645. The van der Waals surface area contributed by atoms with E-state index in [0.717, 1.165) is 32.8 Å². The van der Waals surface area contributed by atoms with Gasteiger partial charge in [-0.3, -0.25) is 0 Å². The fourth-order valence-corrected chi connectivity index (χ4v) is 3.16. The number of pyridine rings is 1. The van der Waals surface area contributed by atoms with Crippen molar-refractivity contribution in [1.82, 2.24) is 14.8 Å². The molecule has 3 aromatic rings. The lowest BCUT2D eigenvalue weighted by atomic mass is 10.0. The highest BCUT2D eigenvalue weighted by atomic mass is 79.9. The second-order valence-electron chi connectivity index (χ2n) is 5.92. The van der Waals surface area contributed by atoms with E-state index >= 15 is 0 Å². The van der Waals surface area contributed by atoms with E-state index < -0.39 is 6.10 Å². The second kappa shape index (κ2) is 6.79. The van der Waals surface area contributed by atoms with Gasteiger partial charge in [0.05, 0.1) is 23.0 Å². The molecule has 1 atom stereocenters. The second-order valence-corrected chi connectivity index (χ2v) is 6.74. The molecule has 0 saturated carbocycles. The monoisotopic (exact) mass is 396 g/mol. The number of aryl methyl sites for hydroxylation is 2. The van der Waals surface area contributed by atoms with Crippen molar-refractivity contribution >= 4 is 15.9 Å². The summed E-state index contributed by atoms with van der Waals surface area (Å²) in [5.41, 5.74) is 5.51. The Morgan fingerprint density at radius 2 is 1.96 bits per heavy atom. The van der Waals surface area contributed by atoms with E-state index in [0.29, 0.717) is 11.1 Å². The quantitative estimate of drug-likeness (QED) is 0.680. The first-order valence-electron chi connectivity index (χ1n) is 7.79. The molecule has 0 aliphatic heterocycles. The molecule has 0 aliphatic rings. The zero-order valence-electron chi connectivity index (χ0n) is 14.2. The van der Waals surface area contributed by atoms with Gasteiger partial charge in [0, 0.05) is 23.0 Å².